The van der Waals surface area contributed by atoms with Crippen molar-refractivity contribution in [3.63, 3.8) is 0 Å². The van der Waals surface area contributed by atoms with E-state index in [0.29, 0.717) is 43.9 Å². The molecule has 0 radical (unpaired) electrons. The van der Waals surface area contributed by atoms with Gasteiger partial charge < -0.3 is 18.0 Å². The average molecular weight is 721 g/mol. The lowest BCUT2D eigenvalue weighted by molar-refractivity contribution is 0.659. The zero-order chi connectivity index (χ0) is 37.1. The summed E-state index contributed by atoms with van der Waals surface area (Å²) in [5.74, 6) is 0. The Bertz CT molecular complexity index is 3520. The van der Waals surface area contributed by atoms with Crippen LogP contribution in [0.1, 0.15) is 0 Å². The third-order valence-electron chi connectivity index (χ3n) is 11.3. The molecule has 0 atom stereocenters. The molecule has 0 spiro atoms. The van der Waals surface area contributed by atoms with E-state index < -0.39 is 0 Å². The Morgan fingerprint density at radius 2 is 0.679 bits per heavy atom. The highest BCUT2D eigenvalue weighted by Gasteiger charge is 2.18. The molecule has 4 aromatic heterocycles. The van der Waals surface area contributed by atoms with E-state index in [-0.39, 0.29) is 10.9 Å². The van der Waals surface area contributed by atoms with Crippen molar-refractivity contribution in [1.82, 2.24) is 9.13 Å². The smallest absolute Gasteiger partial charge is 0.200 e. The molecule has 0 aliphatic carbocycles. The number of hydrogen-bond donors (Lipinski definition) is 0. The largest absolute Gasteiger partial charge is 0.456 e. The van der Waals surface area contributed by atoms with Gasteiger partial charge in [-0.25, -0.2) is 0 Å². The number of fused-ring (bicyclic) bond motifs is 10. The number of nitrogens with zero attached hydrogens (tertiary/aromatic N) is 2. The number of hydrogen-bond acceptors (Lipinski definition) is 4. The monoisotopic (exact) mass is 720 g/mol. The second kappa shape index (κ2) is 11.4. The maximum absolute atomic E-state index is 13.3. The predicted molar refractivity (Wildman–Crippen MR) is 228 cm³/mol. The SMILES string of the molecule is O=c1c2ccccc2oc2cc(-n3c4ccccc4c4cc(-c5ccc6c(c5)c5ccccc5n6-c5ccc6c(=O)c7ccccc7oc6c5)ccc43)ccc12. The van der Waals surface area contributed by atoms with Crippen molar-refractivity contribution in [3.05, 3.63) is 190 Å². The molecule has 0 bridgehead atoms. The fraction of sp³-hybridized carbons (Fsp3) is 0. The number of benzene rings is 8. The van der Waals surface area contributed by atoms with Gasteiger partial charge in [0.05, 0.1) is 43.6 Å². The lowest BCUT2D eigenvalue weighted by Gasteiger charge is -2.10. The second-order valence-corrected chi connectivity index (χ2v) is 14.4. The Labute approximate surface area is 317 Å². The molecule has 6 heteroatoms. The minimum atomic E-state index is -0.0281. The zero-order valence-corrected chi connectivity index (χ0v) is 29.7. The molecule has 0 fully saturated rings. The molecule has 0 saturated heterocycles. The molecule has 0 aliphatic heterocycles. The summed E-state index contributed by atoms with van der Waals surface area (Å²) < 4.78 is 17.0. The molecule has 0 saturated carbocycles. The Morgan fingerprint density at radius 1 is 0.304 bits per heavy atom. The van der Waals surface area contributed by atoms with Crippen LogP contribution in [0.4, 0.5) is 0 Å². The van der Waals surface area contributed by atoms with Crippen LogP contribution < -0.4 is 10.9 Å². The average Bonchev–Trinajstić information content (AvgIpc) is 3.76. The molecule has 6 nitrogen and oxygen atoms in total. The van der Waals surface area contributed by atoms with Crippen LogP contribution in [-0.2, 0) is 0 Å². The molecule has 4 heterocycles. The second-order valence-electron chi connectivity index (χ2n) is 14.4. The maximum atomic E-state index is 13.3. The first kappa shape index (κ1) is 30.7. The van der Waals surface area contributed by atoms with Gasteiger partial charge >= 0.3 is 0 Å². The van der Waals surface area contributed by atoms with Gasteiger partial charge in [-0.15, -0.1) is 0 Å². The molecular formula is C50H28N2O4. The van der Waals surface area contributed by atoms with Crippen LogP contribution in [0.3, 0.4) is 0 Å². The van der Waals surface area contributed by atoms with Gasteiger partial charge in [-0.2, -0.15) is 0 Å². The van der Waals surface area contributed by atoms with E-state index in [0.717, 1.165) is 66.1 Å². The van der Waals surface area contributed by atoms with Gasteiger partial charge in [-0.1, -0.05) is 72.8 Å². The molecule has 262 valence electrons. The van der Waals surface area contributed by atoms with Gasteiger partial charge in [0.2, 0.25) is 10.9 Å². The van der Waals surface area contributed by atoms with E-state index in [9.17, 15) is 9.59 Å². The first-order chi connectivity index (χ1) is 27.6. The van der Waals surface area contributed by atoms with E-state index >= 15 is 0 Å². The summed E-state index contributed by atoms with van der Waals surface area (Å²) >= 11 is 0. The molecule has 0 amide bonds. The normalized spacial score (nSPS) is 12.1. The summed E-state index contributed by atoms with van der Waals surface area (Å²) in [7, 11) is 0. The third-order valence-corrected chi connectivity index (χ3v) is 11.3. The van der Waals surface area contributed by atoms with Crippen LogP contribution in [-0.4, -0.2) is 9.13 Å². The minimum absolute atomic E-state index is 0.0281. The maximum Gasteiger partial charge on any atom is 0.200 e. The van der Waals surface area contributed by atoms with Crippen molar-refractivity contribution in [1.29, 1.82) is 0 Å². The highest BCUT2D eigenvalue weighted by Crippen LogP contribution is 2.39. The quantitative estimate of drug-likeness (QED) is 0.170. The van der Waals surface area contributed by atoms with Crippen molar-refractivity contribution in [3.8, 4) is 22.5 Å². The van der Waals surface area contributed by atoms with Gasteiger partial charge in [0.1, 0.15) is 22.3 Å². The standard InChI is InChI=1S/C50H28N2O4/c53-49-35-11-3-7-15-45(35)55-47-27-31(19-21-37(47)49)51-41-13-5-1-9-33(41)39-25-29(17-23-43(39)51)30-18-24-44-40(26-30)34-10-2-6-14-42(34)52(44)32-20-22-38-48(28-32)56-46-16-8-4-12-36(46)50(38)54/h1-28H. The van der Waals surface area contributed by atoms with E-state index in [1.807, 2.05) is 84.9 Å². The van der Waals surface area contributed by atoms with Crippen molar-refractivity contribution in [2.45, 2.75) is 0 Å². The van der Waals surface area contributed by atoms with E-state index in [2.05, 4.69) is 94.1 Å². The van der Waals surface area contributed by atoms with Crippen LogP contribution in [0.2, 0.25) is 0 Å². The fourth-order valence-corrected chi connectivity index (χ4v) is 8.72. The third kappa shape index (κ3) is 4.32. The Morgan fingerprint density at radius 3 is 1.14 bits per heavy atom. The molecule has 56 heavy (non-hydrogen) atoms. The Kier molecular flexibility index (Phi) is 6.26. The molecule has 12 aromatic rings. The summed E-state index contributed by atoms with van der Waals surface area (Å²) in [6.07, 6.45) is 0. The van der Waals surface area contributed by atoms with Gasteiger partial charge in [-0.05, 0) is 96.1 Å². The lowest BCUT2D eigenvalue weighted by Crippen LogP contribution is -2.03. The van der Waals surface area contributed by atoms with Gasteiger partial charge in [0.15, 0.2) is 0 Å². The highest BCUT2D eigenvalue weighted by molar-refractivity contribution is 6.13. The summed E-state index contributed by atoms with van der Waals surface area (Å²) in [4.78, 5) is 26.7. The van der Waals surface area contributed by atoms with Crippen LogP contribution >= 0.6 is 0 Å². The van der Waals surface area contributed by atoms with Gasteiger partial charge in [-0.3, -0.25) is 9.59 Å². The molecule has 8 aromatic carbocycles. The number of rotatable bonds is 3. The predicted octanol–water partition coefficient (Wildman–Crippen LogP) is 12.1. The summed E-state index contributed by atoms with van der Waals surface area (Å²) in [5, 5.41) is 6.82. The number of para-hydroxylation sites is 4. The molecular weight excluding hydrogens is 693 g/mol. The zero-order valence-electron chi connectivity index (χ0n) is 29.7. The lowest BCUT2D eigenvalue weighted by atomic mass is 10.0. The topological polar surface area (TPSA) is 70.3 Å². The van der Waals surface area contributed by atoms with Crippen LogP contribution in [0.25, 0.3) is 110 Å². The van der Waals surface area contributed by atoms with Crippen LogP contribution in [0.15, 0.2) is 188 Å². The molecule has 0 N–H and O–H groups in total. The molecule has 0 unspecified atom stereocenters. The van der Waals surface area contributed by atoms with Crippen molar-refractivity contribution in [2.75, 3.05) is 0 Å². The van der Waals surface area contributed by atoms with Crippen LogP contribution in [0.5, 0.6) is 0 Å². The Balaban J connectivity index is 1.02. The molecule has 12 rings (SSSR count). The van der Waals surface area contributed by atoms with Gasteiger partial charge in [0.25, 0.3) is 0 Å². The highest BCUT2D eigenvalue weighted by atomic mass is 16.3. The first-order valence-corrected chi connectivity index (χ1v) is 18.6. The van der Waals surface area contributed by atoms with Crippen LogP contribution in [0, 0.1) is 0 Å². The van der Waals surface area contributed by atoms with E-state index in [4.69, 9.17) is 8.83 Å². The fourth-order valence-electron chi connectivity index (χ4n) is 8.72. The molecule has 0 aliphatic rings. The first-order valence-electron chi connectivity index (χ1n) is 18.6. The summed E-state index contributed by atoms with van der Waals surface area (Å²) in [6.45, 7) is 0. The summed E-state index contributed by atoms with van der Waals surface area (Å²) in [5.41, 5.74) is 10.5. The van der Waals surface area contributed by atoms with Gasteiger partial charge in [0, 0.05) is 45.1 Å². The summed E-state index contributed by atoms with van der Waals surface area (Å²) in [6, 6.07) is 56.6. The van der Waals surface area contributed by atoms with E-state index in [1.165, 1.54) is 0 Å². The minimum Gasteiger partial charge on any atom is -0.456 e. The number of aromatic nitrogens is 2. The van der Waals surface area contributed by atoms with Crippen molar-refractivity contribution < 1.29 is 8.83 Å². The van der Waals surface area contributed by atoms with Crippen molar-refractivity contribution >= 4 is 87.5 Å². The van der Waals surface area contributed by atoms with E-state index in [1.54, 1.807) is 0 Å². The Hall–Kier alpha value is -7.70. The van der Waals surface area contributed by atoms with Crippen molar-refractivity contribution in [2.24, 2.45) is 0 Å².